The van der Waals surface area contributed by atoms with Gasteiger partial charge in [-0.15, -0.1) is 0 Å². The molecular weight excluding hydrogens is 566 g/mol. The maximum atomic E-state index is 13.2. The summed E-state index contributed by atoms with van der Waals surface area (Å²) in [6.45, 7) is 3.86. The van der Waals surface area contributed by atoms with E-state index in [-0.39, 0.29) is 45.3 Å². The van der Waals surface area contributed by atoms with E-state index in [0.29, 0.717) is 16.9 Å². The Morgan fingerprint density at radius 2 is 1.14 bits per heavy atom. The number of aryl methyl sites for hydroxylation is 3. The summed E-state index contributed by atoms with van der Waals surface area (Å²) in [4.78, 5) is 49.9. The van der Waals surface area contributed by atoms with Gasteiger partial charge in [-0.2, -0.15) is 0 Å². The van der Waals surface area contributed by atoms with Gasteiger partial charge in [0.25, 0.3) is 5.91 Å². The maximum absolute atomic E-state index is 13.2. The van der Waals surface area contributed by atoms with Gasteiger partial charge < -0.3 is 44.3 Å². The number of aliphatic hydroxyl groups is 1. The molecule has 3 aromatic carbocycles. The number of carboxylic acids is 1. The fraction of sp³-hybridized carbons (Fsp3) is 0.267. The number of aliphatic hydroxyl groups excluding tert-OH is 1. The highest BCUT2D eigenvalue weighted by atomic mass is 16.5. The Balaban J connectivity index is 1.86. The van der Waals surface area contributed by atoms with Gasteiger partial charge in [0.05, 0.1) is 33.5 Å². The van der Waals surface area contributed by atoms with E-state index in [1.807, 2.05) is 0 Å². The predicted octanol–water partition coefficient (Wildman–Crippen LogP) is 2.96. The van der Waals surface area contributed by atoms with Crippen molar-refractivity contribution in [3.05, 3.63) is 69.8 Å². The summed E-state index contributed by atoms with van der Waals surface area (Å²) in [5.74, 6) is -3.82. The molecule has 13 heteroatoms. The van der Waals surface area contributed by atoms with Gasteiger partial charge in [-0.05, 0) is 55.7 Å². The lowest BCUT2D eigenvalue weighted by Crippen LogP contribution is -2.43. The number of nitrogens with one attached hydrogen (secondary N) is 1. The molecule has 43 heavy (non-hydrogen) atoms. The molecule has 4 N–H and O–H groups in total. The molecule has 0 spiro atoms. The molecule has 3 rings (SSSR count). The van der Waals surface area contributed by atoms with Crippen LogP contribution in [0.25, 0.3) is 0 Å². The molecule has 0 bridgehead atoms. The number of ether oxygens (including phenoxy) is 5. The number of amides is 1. The highest BCUT2D eigenvalue weighted by Gasteiger charge is 2.26. The second-order valence-corrected chi connectivity index (χ2v) is 9.30. The van der Waals surface area contributed by atoms with Gasteiger partial charge in [-0.1, -0.05) is 0 Å². The van der Waals surface area contributed by atoms with Crippen molar-refractivity contribution in [3.63, 3.8) is 0 Å². The number of methoxy groups -OCH3 is 3. The highest BCUT2D eigenvalue weighted by Crippen LogP contribution is 2.34. The fourth-order valence-electron chi connectivity index (χ4n) is 4.29. The largest absolute Gasteiger partial charge is 0.507 e. The first-order valence-electron chi connectivity index (χ1n) is 12.7. The number of aromatic hydroxyl groups is 1. The summed E-state index contributed by atoms with van der Waals surface area (Å²) in [5.41, 5.74) is 0.992. The lowest BCUT2D eigenvalue weighted by Gasteiger charge is -2.16. The summed E-state index contributed by atoms with van der Waals surface area (Å²) in [6, 6.07) is 6.71. The first kappa shape index (κ1) is 32.2. The smallest absolute Gasteiger partial charge is 0.347 e. The number of benzene rings is 3. The van der Waals surface area contributed by atoms with Crippen LogP contribution in [0.1, 0.15) is 47.8 Å². The Bertz CT molecular complexity index is 1560. The monoisotopic (exact) mass is 597 g/mol. The third-order valence-corrected chi connectivity index (χ3v) is 6.35. The Morgan fingerprint density at radius 1 is 0.698 bits per heavy atom. The number of esters is 2. The van der Waals surface area contributed by atoms with Crippen molar-refractivity contribution in [2.75, 3.05) is 27.9 Å². The van der Waals surface area contributed by atoms with Crippen LogP contribution in [0.3, 0.4) is 0 Å². The Labute approximate surface area is 246 Å². The first-order chi connectivity index (χ1) is 20.3. The zero-order chi connectivity index (χ0) is 32.0. The van der Waals surface area contributed by atoms with Crippen LogP contribution in [-0.4, -0.2) is 73.1 Å². The van der Waals surface area contributed by atoms with E-state index in [9.17, 15) is 24.3 Å². The average Bonchev–Trinajstić information content (AvgIpc) is 2.94. The molecule has 0 aliphatic rings. The van der Waals surface area contributed by atoms with Gasteiger partial charge in [0.1, 0.15) is 45.6 Å². The maximum Gasteiger partial charge on any atom is 0.347 e. The van der Waals surface area contributed by atoms with Crippen LogP contribution < -0.4 is 29.0 Å². The molecule has 0 radical (unpaired) electrons. The van der Waals surface area contributed by atoms with Crippen molar-refractivity contribution in [1.82, 2.24) is 5.32 Å². The van der Waals surface area contributed by atoms with E-state index in [1.54, 1.807) is 26.0 Å². The molecule has 0 aromatic heterocycles. The molecule has 0 unspecified atom stereocenters. The number of hydrogen-bond acceptors (Lipinski definition) is 11. The SMILES string of the molecule is COc1cc(C)c(C(=O)Oc2cc(C)c(C(=O)Oc3cc(C)c(C(=O)N[C@@H](CO)C(=O)O)c(O)c3)c(OC)c2)c(OC)c1. The van der Waals surface area contributed by atoms with E-state index in [1.165, 1.54) is 46.5 Å². The van der Waals surface area contributed by atoms with Crippen LogP contribution in [0.2, 0.25) is 0 Å². The van der Waals surface area contributed by atoms with E-state index in [4.69, 9.17) is 33.9 Å². The van der Waals surface area contributed by atoms with Gasteiger partial charge in [0.15, 0.2) is 6.04 Å². The van der Waals surface area contributed by atoms with Gasteiger partial charge >= 0.3 is 17.9 Å². The van der Waals surface area contributed by atoms with Gasteiger partial charge in [-0.3, -0.25) is 4.79 Å². The standard InChI is InChI=1S/C30H31NO12/c1-14-8-18(10-21(33)24(14)27(34)31-20(13-32)28(35)36)42-29(37)26-16(3)9-19(12-23(26)41-6)43-30(38)25-15(2)7-17(39-4)11-22(25)40-5/h7-12,20,32-33H,13H2,1-6H3,(H,31,34)(H,35,36)/t20-/m0/s1. The van der Waals surface area contributed by atoms with E-state index < -0.39 is 42.2 Å². The minimum Gasteiger partial charge on any atom is -0.507 e. The van der Waals surface area contributed by atoms with Crippen LogP contribution in [0, 0.1) is 20.8 Å². The van der Waals surface area contributed by atoms with E-state index >= 15 is 0 Å². The van der Waals surface area contributed by atoms with Crippen LogP contribution in [0.15, 0.2) is 36.4 Å². The zero-order valence-corrected chi connectivity index (χ0v) is 24.3. The number of aliphatic carboxylic acids is 1. The van der Waals surface area contributed by atoms with Gasteiger partial charge in [0, 0.05) is 18.2 Å². The number of carbonyl (C=O) groups excluding carboxylic acids is 3. The predicted molar refractivity (Wildman–Crippen MR) is 151 cm³/mol. The Hall–Kier alpha value is -5.30. The molecule has 13 nitrogen and oxygen atoms in total. The minimum atomic E-state index is -1.58. The molecule has 0 saturated heterocycles. The number of rotatable bonds is 11. The van der Waals surface area contributed by atoms with Crippen LogP contribution in [0.5, 0.6) is 34.5 Å². The summed E-state index contributed by atoms with van der Waals surface area (Å²) < 4.78 is 26.9. The normalized spacial score (nSPS) is 11.2. The number of carbonyl (C=O) groups is 4. The Morgan fingerprint density at radius 3 is 1.56 bits per heavy atom. The summed E-state index contributed by atoms with van der Waals surface area (Å²) >= 11 is 0. The van der Waals surface area contributed by atoms with E-state index in [0.717, 1.165) is 6.07 Å². The van der Waals surface area contributed by atoms with Crippen LogP contribution in [0.4, 0.5) is 0 Å². The zero-order valence-electron chi connectivity index (χ0n) is 24.3. The molecule has 0 fully saturated rings. The molecule has 0 saturated carbocycles. The molecule has 228 valence electrons. The van der Waals surface area contributed by atoms with Crippen molar-refractivity contribution in [2.45, 2.75) is 26.8 Å². The van der Waals surface area contributed by atoms with Crippen molar-refractivity contribution >= 4 is 23.8 Å². The lowest BCUT2D eigenvalue weighted by molar-refractivity contribution is -0.140. The van der Waals surface area contributed by atoms with Crippen LogP contribution in [-0.2, 0) is 4.79 Å². The number of carboxylic acid groups (broad SMARTS) is 1. The number of phenols is 1. The van der Waals surface area contributed by atoms with Crippen molar-refractivity contribution in [2.24, 2.45) is 0 Å². The average molecular weight is 598 g/mol. The molecule has 1 atom stereocenters. The highest BCUT2D eigenvalue weighted by molar-refractivity contribution is 6.01. The topological polar surface area (TPSA) is 187 Å². The molecule has 3 aromatic rings. The lowest BCUT2D eigenvalue weighted by atomic mass is 10.0. The van der Waals surface area contributed by atoms with Crippen molar-refractivity contribution in [1.29, 1.82) is 0 Å². The molecule has 0 aliphatic heterocycles. The number of phenolic OH excluding ortho intramolecular Hbond substituents is 1. The van der Waals surface area contributed by atoms with Gasteiger partial charge in [-0.25, -0.2) is 14.4 Å². The first-order valence-corrected chi connectivity index (χ1v) is 12.7. The molecule has 1 amide bonds. The summed E-state index contributed by atoms with van der Waals surface area (Å²) in [7, 11) is 4.21. The second kappa shape index (κ2) is 13.6. The quantitative estimate of drug-likeness (QED) is 0.187. The minimum absolute atomic E-state index is 0.00622. The van der Waals surface area contributed by atoms with E-state index in [2.05, 4.69) is 5.32 Å². The number of hydrogen-bond donors (Lipinski definition) is 4. The Kier molecular flexibility index (Phi) is 10.2. The van der Waals surface area contributed by atoms with Crippen LogP contribution >= 0.6 is 0 Å². The van der Waals surface area contributed by atoms with Crippen molar-refractivity contribution in [3.8, 4) is 34.5 Å². The third-order valence-electron chi connectivity index (χ3n) is 6.35. The van der Waals surface area contributed by atoms with Gasteiger partial charge in [0.2, 0.25) is 0 Å². The van der Waals surface area contributed by atoms with Crippen molar-refractivity contribution < 1.29 is 58.2 Å². The fourth-order valence-corrected chi connectivity index (χ4v) is 4.29. The third kappa shape index (κ3) is 7.13. The summed E-state index contributed by atoms with van der Waals surface area (Å²) in [6.07, 6.45) is 0. The second-order valence-electron chi connectivity index (χ2n) is 9.30. The summed E-state index contributed by atoms with van der Waals surface area (Å²) in [5, 5.41) is 30.7. The molecule has 0 aliphatic carbocycles. The molecule has 0 heterocycles. The molecular formula is C30H31NO12.